The monoisotopic (exact) mass is 462 g/mol. The van der Waals surface area contributed by atoms with Crippen molar-refractivity contribution in [1.82, 2.24) is 0 Å². The van der Waals surface area contributed by atoms with Gasteiger partial charge in [0.2, 0.25) is 0 Å². The van der Waals surface area contributed by atoms with Crippen LogP contribution in [0.25, 0.3) is 0 Å². The number of hydrogen-bond acceptors (Lipinski definition) is 1. The molecule has 29 heavy (non-hydrogen) atoms. The Morgan fingerprint density at radius 3 is 1.21 bits per heavy atom. The predicted molar refractivity (Wildman–Crippen MR) is 98.5 cm³/mol. The van der Waals surface area contributed by atoms with Crippen molar-refractivity contribution in [2.45, 2.75) is 70.6 Å². The minimum Gasteiger partial charge on any atom is -0.418 e. The molecule has 14 heteroatoms. The van der Waals surface area contributed by atoms with E-state index in [4.69, 9.17) is 0 Å². The van der Waals surface area contributed by atoms with E-state index < -0.39 is 22.1 Å². The maximum absolute atomic E-state index is 11.2. The highest BCUT2D eigenvalue weighted by Crippen LogP contribution is 2.45. The summed E-state index contributed by atoms with van der Waals surface area (Å²) in [4.78, 5) is 18.3. The van der Waals surface area contributed by atoms with Crippen LogP contribution in [0.4, 0.5) is 34.5 Å². The summed E-state index contributed by atoms with van der Waals surface area (Å²) in [5.41, 5.74) is 0. The molecule has 0 bridgehead atoms. The first kappa shape index (κ1) is 28.7. The molecule has 2 aliphatic carbocycles. The molecule has 2 N–H and O–H groups in total. The predicted octanol–water partition coefficient (Wildman–Crippen LogP) is 6.93. The molecule has 0 aromatic carbocycles. The van der Waals surface area contributed by atoms with Gasteiger partial charge in [-0.05, 0) is 24.2 Å². The Bertz CT molecular complexity index is 433. The van der Waals surface area contributed by atoms with Crippen molar-refractivity contribution in [1.29, 1.82) is 0 Å². The van der Waals surface area contributed by atoms with Crippen molar-refractivity contribution in [2.24, 2.45) is 17.8 Å². The number of rotatable bonds is 5. The molecular formula is C15H29B2F8O3P-2. The van der Waals surface area contributed by atoms with E-state index in [9.17, 15) is 48.9 Å². The summed E-state index contributed by atoms with van der Waals surface area (Å²) in [6.45, 7) is 0. The Kier molecular flexibility index (Phi) is 13.1. The highest BCUT2D eigenvalue weighted by atomic mass is 31.2. The minimum absolute atomic E-state index is 0.102. The molecule has 0 radical (unpaired) electrons. The molecule has 0 amide bonds. The van der Waals surface area contributed by atoms with Gasteiger partial charge in [-0.1, -0.05) is 64.2 Å². The first-order valence-electron chi connectivity index (χ1n) is 9.85. The first-order valence-corrected chi connectivity index (χ1v) is 11.7. The first-order chi connectivity index (χ1) is 13.1. The fraction of sp³-hybridized carbons (Fsp3) is 1.00. The molecule has 2 fully saturated rings. The van der Waals surface area contributed by atoms with Crippen molar-refractivity contribution in [2.75, 3.05) is 6.16 Å². The van der Waals surface area contributed by atoms with Crippen LogP contribution >= 0.6 is 7.60 Å². The van der Waals surface area contributed by atoms with Crippen molar-refractivity contribution in [3.05, 3.63) is 0 Å². The van der Waals surface area contributed by atoms with E-state index >= 15 is 0 Å². The lowest BCUT2D eigenvalue weighted by molar-refractivity contribution is 0.138. The normalized spacial score (nSPS) is 19.8. The van der Waals surface area contributed by atoms with Crippen LogP contribution < -0.4 is 0 Å². The molecule has 0 spiro atoms. The maximum Gasteiger partial charge on any atom is 0.673 e. The topological polar surface area (TPSA) is 57.5 Å². The van der Waals surface area contributed by atoms with Gasteiger partial charge in [-0.2, -0.15) is 0 Å². The van der Waals surface area contributed by atoms with Crippen molar-refractivity contribution in [3.8, 4) is 0 Å². The molecule has 0 heterocycles. The maximum atomic E-state index is 11.2. The summed E-state index contributed by atoms with van der Waals surface area (Å²) in [5, 5.41) is 0. The summed E-state index contributed by atoms with van der Waals surface area (Å²) in [7, 11) is -15.8. The van der Waals surface area contributed by atoms with Gasteiger partial charge in [-0.3, -0.25) is 4.57 Å². The van der Waals surface area contributed by atoms with Crippen LogP contribution in [0.2, 0.25) is 0 Å². The van der Waals surface area contributed by atoms with E-state index in [2.05, 4.69) is 0 Å². The van der Waals surface area contributed by atoms with Gasteiger partial charge in [0.25, 0.3) is 0 Å². The van der Waals surface area contributed by atoms with Crippen molar-refractivity contribution >= 4 is 22.1 Å². The van der Waals surface area contributed by atoms with E-state index in [-0.39, 0.29) is 6.16 Å². The number of halogens is 8. The van der Waals surface area contributed by atoms with Crippen LogP contribution in [0.1, 0.15) is 70.6 Å². The van der Waals surface area contributed by atoms with Gasteiger partial charge in [0, 0.05) is 0 Å². The van der Waals surface area contributed by atoms with E-state index in [1.807, 2.05) is 0 Å². The van der Waals surface area contributed by atoms with E-state index in [1.165, 1.54) is 64.2 Å². The molecule has 0 aliphatic heterocycles. The van der Waals surface area contributed by atoms with Crippen molar-refractivity contribution in [3.63, 3.8) is 0 Å². The third kappa shape index (κ3) is 20.8. The lowest BCUT2D eigenvalue weighted by atomic mass is 9.68. The van der Waals surface area contributed by atoms with E-state index in [1.54, 1.807) is 0 Å². The molecular weight excluding hydrogens is 433 g/mol. The number of hydrogen-bond donors (Lipinski definition) is 2. The second-order valence-corrected chi connectivity index (χ2v) is 9.40. The van der Waals surface area contributed by atoms with Crippen LogP contribution in [0.5, 0.6) is 0 Å². The Morgan fingerprint density at radius 1 is 0.690 bits per heavy atom. The van der Waals surface area contributed by atoms with Gasteiger partial charge in [0.15, 0.2) is 0 Å². The summed E-state index contributed by atoms with van der Waals surface area (Å²) < 4.78 is 89.2. The molecule has 176 valence electrons. The molecule has 0 atom stereocenters. The van der Waals surface area contributed by atoms with Gasteiger partial charge >= 0.3 is 22.1 Å². The third-order valence-corrected chi connectivity index (χ3v) is 6.11. The molecule has 0 aromatic rings. The average molecular weight is 462 g/mol. The van der Waals surface area contributed by atoms with E-state index in [0.717, 1.165) is 18.3 Å². The van der Waals surface area contributed by atoms with Gasteiger partial charge in [-0.25, -0.2) is 0 Å². The fourth-order valence-corrected chi connectivity index (χ4v) is 4.93. The van der Waals surface area contributed by atoms with Crippen molar-refractivity contribution < 1.29 is 48.9 Å². The molecule has 2 saturated carbocycles. The summed E-state index contributed by atoms with van der Waals surface area (Å²) in [6, 6.07) is 0. The van der Waals surface area contributed by atoms with Crippen LogP contribution in [0.3, 0.4) is 0 Å². The van der Waals surface area contributed by atoms with Gasteiger partial charge in [-0.15, -0.1) is 0 Å². The summed E-state index contributed by atoms with van der Waals surface area (Å²) in [6.07, 6.45) is 14.0. The largest absolute Gasteiger partial charge is 0.673 e. The smallest absolute Gasteiger partial charge is 0.418 e. The fourth-order valence-electron chi connectivity index (χ4n) is 4.30. The molecule has 3 nitrogen and oxygen atoms in total. The molecule has 2 rings (SSSR count). The van der Waals surface area contributed by atoms with Crippen LogP contribution in [-0.2, 0) is 4.57 Å². The van der Waals surface area contributed by atoms with Crippen LogP contribution in [0.15, 0.2) is 0 Å². The zero-order valence-corrected chi connectivity index (χ0v) is 17.0. The minimum atomic E-state index is -6.00. The molecule has 0 saturated heterocycles. The SMILES string of the molecule is F[B-](F)(F)F.F[B-](F)(F)F.O=P(O)(O)CCC(C1CCCCC1)C1CCCCC1. The van der Waals surface area contributed by atoms with Crippen LogP contribution in [-0.4, -0.2) is 30.5 Å². The third-order valence-electron chi connectivity index (χ3n) is 5.26. The lowest BCUT2D eigenvalue weighted by Gasteiger charge is -2.38. The Hall–Kier alpha value is -0.280. The summed E-state index contributed by atoms with van der Waals surface area (Å²) >= 11 is 0. The Labute approximate surface area is 166 Å². The molecule has 2 aliphatic rings. The Balaban J connectivity index is 0.000000653. The molecule has 0 unspecified atom stereocenters. The molecule has 0 aromatic heterocycles. The van der Waals surface area contributed by atoms with Gasteiger partial charge in [0.05, 0.1) is 6.16 Å². The Morgan fingerprint density at radius 2 is 0.966 bits per heavy atom. The average Bonchev–Trinajstić information content (AvgIpc) is 2.53. The van der Waals surface area contributed by atoms with E-state index in [0.29, 0.717) is 5.92 Å². The zero-order chi connectivity index (χ0) is 22.7. The van der Waals surface area contributed by atoms with Crippen LogP contribution in [0, 0.1) is 17.8 Å². The summed E-state index contributed by atoms with van der Waals surface area (Å²) in [5.74, 6) is 2.06. The van der Waals surface area contributed by atoms with Gasteiger partial charge in [0.1, 0.15) is 0 Å². The van der Waals surface area contributed by atoms with Gasteiger partial charge < -0.3 is 44.3 Å². The standard InChI is InChI=1S/C15H29O3P.2BF4/c16-19(17,18)12-11-15(13-7-3-1-4-8-13)14-9-5-2-6-10-14;2*2-1(3,4)5/h13-15H,1-12H2,(H2,16,17,18);;/q;2*-1. The highest BCUT2D eigenvalue weighted by Gasteiger charge is 2.32. The second-order valence-electron chi connectivity index (χ2n) is 7.63. The quantitative estimate of drug-likeness (QED) is 0.265. The zero-order valence-electron chi connectivity index (χ0n) is 16.1. The second kappa shape index (κ2) is 13.2. The highest BCUT2D eigenvalue weighted by molar-refractivity contribution is 7.51. The lowest BCUT2D eigenvalue weighted by Crippen LogP contribution is -2.28.